The van der Waals surface area contributed by atoms with Crippen molar-refractivity contribution >= 4 is 41.8 Å². The summed E-state index contributed by atoms with van der Waals surface area (Å²) in [5.74, 6) is 0.941. The van der Waals surface area contributed by atoms with Crippen LogP contribution in [0.15, 0.2) is 17.1 Å². The molecule has 1 heterocycles. The Kier molecular flexibility index (Phi) is 8.12. The van der Waals surface area contributed by atoms with Crippen molar-refractivity contribution < 1.29 is 14.3 Å². The number of carbonyl (C=O) groups excluding carboxylic acids is 2. The summed E-state index contributed by atoms with van der Waals surface area (Å²) in [4.78, 5) is 31.5. The molecule has 7 nitrogen and oxygen atoms in total. The van der Waals surface area contributed by atoms with Gasteiger partial charge in [-0.15, -0.1) is 24.0 Å². The number of rotatable bonds is 7. The maximum Gasteiger partial charge on any atom is 0.233 e. The van der Waals surface area contributed by atoms with Gasteiger partial charge in [0.05, 0.1) is 24.5 Å². The molecule has 1 aliphatic heterocycles. The number of allylic oxidation sites excluding steroid dienone is 2. The minimum Gasteiger partial charge on any atom is -0.379 e. The van der Waals surface area contributed by atoms with Crippen LogP contribution in [-0.4, -0.2) is 62.1 Å². The maximum absolute atomic E-state index is 12.7. The number of halogens is 1. The fourth-order valence-electron chi connectivity index (χ4n) is 4.69. The van der Waals surface area contributed by atoms with Crippen LogP contribution in [0.1, 0.15) is 34.1 Å². The van der Waals surface area contributed by atoms with Gasteiger partial charge in [-0.25, -0.2) is 0 Å². The van der Waals surface area contributed by atoms with Crippen molar-refractivity contribution in [2.45, 2.75) is 40.2 Å². The highest BCUT2D eigenvalue weighted by Crippen LogP contribution is 2.52. The van der Waals surface area contributed by atoms with Crippen molar-refractivity contribution in [1.29, 1.82) is 0 Å². The first-order valence-electron chi connectivity index (χ1n) is 10.4. The summed E-state index contributed by atoms with van der Waals surface area (Å²) in [6, 6.07) is 0. The number of guanidine groups is 1. The Bertz CT molecular complexity index is 643. The van der Waals surface area contributed by atoms with Crippen molar-refractivity contribution in [3.8, 4) is 0 Å². The standard InChI is InChI=1S/C21H34N4O3.HI/c1-6-22-20(24-12-15(28-5)21(2,3)4)23-9-10-25-18(26)16-13-7-8-14(11-13)17(16)19(25)27;/h7-8,13-17H,6,9-12H2,1-5H3,(H2,22,23,24);1H. The number of imide groups is 1. The molecule has 2 N–H and O–H groups in total. The number of amides is 2. The van der Waals surface area contributed by atoms with Crippen molar-refractivity contribution in [2.24, 2.45) is 34.1 Å². The lowest BCUT2D eigenvalue weighted by molar-refractivity contribution is -0.140. The molecule has 1 saturated carbocycles. The predicted molar refractivity (Wildman–Crippen MR) is 124 cm³/mol. The van der Waals surface area contributed by atoms with Crippen LogP contribution in [0, 0.1) is 29.1 Å². The monoisotopic (exact) mass is 518 g/mol. The van der Waals surface area contributed by atoms with E-state index in [0.29, 0.717) is 25.6 Å². The second-order valence-electron chi connectivity index (χ2n) is 9.06. The minimum atomic E-state index is -0.126. The summed E-state index contributed by atoms with van der Waals surface area (Å²) >= 11 is 0. The molecule has 1 saturated heterocycles. The molecular weight excluding hydrogens is 483 g/mol. The fourth-order valence-corrected chi connectivity index (χ4v) is 4.69. The third-order valence-corrected chi connectivity index (χ3v) is 6.20. The molecule has 2 bridgehead atoms. The average Bonchev–Trinajstić information content (AvgIpc) is 3.30. The van der Waals surface area contributed by atoms with E-state index in [9.17, 15) is 9.59 Å². The van der Waals surface area contributed by atoms with E-state index in [0.717, 1.165) is 13.0 Å². The van der Waals surface area contributed by atoms with Crippen LogP contribution in [0.5, 0.6) is 0 Å². The summed E-state index contributed by atoms with van der Waals surface area (Å²) in [6.45, 7) is 10.5. The highest BCUT2D eigenvalue weighted by atomic mass is 127. The van der Waals surface area contributed by atoms with E-state index >= 15 is 0 Å². The van der Waals surface area contributed by atoms with Gasteiger partial charge in [-0.3, -0.25) is 19.5 Å². The van der Waals surface area contributed by atoms with Gasteiger partial charge in [0.15, 0.2) is 5.96 Å². The van der Waals surface area contributed by atoms with Crippen LogP contribution in [0.3, 0.4) is 0 Å². The highest BCUT2D eigenvalue weighted by molar-refractivity contribution is 14.0. The summed E-state index contributed by atoms with van der Waals surface area (Å²) in [7, 11) is 1.70. The number of fused-ring (bicyclic) bond motifs is 5. The Hall–Kier alpha value is -1.16. The molecule has 164 valence electrons. The number of likely N-dealkylation sites (tertiary alicyclic amines) is 1. The van der Waals surface area contributed by atoms with Crippen LogP contribution < -0.4 is 10.6 Å². The lowest BCUT2D eigenvalue weighted by atomic mass is 9.85. The second-order valence-corrected chi connectivity index (χ2v) is 9.06. The molecule has 29 heavy (non-hydrogen) atoms. The summed E-state index contributed by atoms with van der Waals surface area (Å²) in [5, 5.41) is 6.46. The molecule has 0 aromatic carbocycles. The molecule has 2 fully saturated rings. The Morgan fingerprint density at radius 3 is 2.28 bits per heavy atom. The first kappa shape index (κ1) is 24.1. The second kappa shape index (κ2) is 9.76. The summed E-state index contributed by atoms with van der Waals surface area (Å²) in [5.41, 5.74) is -0.00483. The van der Waals surface area contributed by atoms with Gasteiger partial charge in [0, 0.05) is 26.7 Å². The topological polar surface area (TPSA) is 83.0 Å². The van der Waals surface area contributed by atoms with Crippen molar-refractivity contribution in [3.63, 3.8) is 0 Å². The van der Waals surface area contributed by atoms with E-state index in [1.807, 2.05) is 6.92 Å². The third kappa shape index (κ3) is 4.95. The van der Waals surface area contributed by atoms with Crippen LogP contribution in [-0.2, 0) is 14.3 Å². The summed E-state index contributed by atoms with van der Waals surface area (Å²) in [6.07, 6.45) is 5.21. The van der Waals surface area contributed by atoms with Gasteiger partial charge in [-0.05, 0) is 30.6 Å². The number of nitrogens with zero attached hydrogens (tertiary/aromatic N) is 2. The molecule has 3 rings (SSSR count). The number of methoxy groups -OCH3 is 1. The van der Waals surface area contributed by atoms with E-state index < -0.39 is 0 Å². The zero-order valence-corrected chi connectivity index (χ0v) is 20.4. The number of ether oxygens (including phenoxy) is 1. The molecule has 5 unspecified atom stereocenters. The molecule has 0 spiro atoms. The molecular formula is C21H35IN4O3. The smallest absolute Gasteiger partial charge is 0.233 e. The van der Waals surface area contributed by atoms with Gasteiger partial charge in [0.2, 0.25) is 11.8 Å². The minimum absolute atomic E-state index is 0. The maximum atomic E-state index is 12.7. The number of carbonyl (C=O) groups is 2. The first-order chi connectivity index (χ1) is 13.3. The van der Waals surface area contributed by atoms with E-state index in [1.165, 1.54) is 4.90 Å². The Balaban J connectivity index is 0.00000300. The van der Waals surface area contributed by atoms with Crippen molar-refractivity contribution in [1.82, 2.24) is 15.5 Å². The predicted octanol–water partition coefficient (Wildman–Crippen LogP) is 2.03. The SMILES string of the molecule is CCNC(=NCC(OC)C(C)(C)C)NCCN1C(=O)C2C3C=CC(C3)C2C1=O.I. The van der Waals surface area contributed by atoms with Crippen LogP contribution >= 0.6 is 24.0 Å². The molecule has 0 aromatic heterocycles. The molecule has 0 aromatic rings. The van der Waals surface area contributed by atoms with Crippen molar-refractivity contribution in [2.75, 3.05) is 33.3 Å². The zero-order chi connectivity index (χ0) is 20.5. The van der Waals surface area contributed by atoms with E-state index in [2.05, 4.69) is 48.5 Å². The molecule has 0 radical (unpaired) electrons. The normalized spacial score (nSPS) is 29.1. The van der Waals surface area contributed by atoms with Crippen molar-refractivity contribution in [3.05, 3.63) is 12.2 Å². The highest BCUT2D eigenvalue weighted by Gasteiger charge is 2.58. The Morgan fingerprint density at radius 1 is 1.21 bits per heavy atom. The lowest BCUT2D eigenvalue weighted by Crippen LogP contribution is -2.44. The van der Waals surface area contributed by atoms with Gasteiger partial charge in [0.1, 0.15) is 0 Å². The molecule has 2 aliphatic carbocycles. The van der Waals surface area contributed by atoms with Gasteiger partial charge in [-0.1, -0.05) is 32.9 Å². The number of aliphatic imine (C=N–C) groups is 1. The lowest BCUT2D eigenvalue weighted by Gasteiger charge is -2.28. The van der Waals surface area contributed by atoms with Gasteiger partial charge in [-0.2, -0.15) is 0 Å². The number of hydrogen-bond acceptors (Lipinski definition) is 4. The van der Waals surface area contributed by atoms with Crippen LogP contribution in [0.25, 0.3) is 0 Å². The Morgan fingerprint density at radius 2 is 1.79 bits per heavy atom. The average molecular weight is 518 g/mol. The summed E-state index contributed by atoms with van der Waals surface area (Å²) < 4.78 is 5.56. The van der Waals surface area contributed by atoms with Crippen LogP contribution in [0.4, 0.5) is 0 Å². The van der Waals surface area contributed by atoms with Crippen LogP contribution in [0.2, 0.25) is 0 Å². The number of nitrogens with one attached hydrogen (secondary N) is 2. The van der Waals surface area contributed by atoms with Gasteiger partial charge < -0.3 is 15.4 Å². The zero-order valence-electron chi connectivity index (χ0n) is 18.1. The fraction of sp³-hybridized carbons (Fsp3) is 0.762. The third-order valence-electron chi connectivity index (χ3n) is 6.20. The number of hydrogen-bond donors (Lipinski definition) is 2. The van der Waals surface area contributed by atoms with E-state index in [4.69, 9.17) is 4.74 Å². The van der Waals surface area contributed by atoms with Gasteiger partial charge >= 0.3 is 0 Å². The van der Waals surface area contributed by atoms with E-state index in [-0.39, 0.29) is 71.0 Å². The quantitative estimate of drug-likeness (QED) is 0.177. The Labute approximate surface area is 191 Å². The van der Waals surface area contributed by atoms with E-state index in [1.54, 1.807) is 7.11 Å². The van der Waals surface area contributed by atoms with Gasteiger partial charge in [0.25, 0.3) is 0 Å². The molecule has 3 aliphatic rings. The molecule has 5 atom stereocenters. The largest absolute Gasteiger partial charge is 0.379 e. The first-order valence-corrected chi connectivity index (χ1v) is 10.4. The molecule has 8 heteroatoms. The molecule has 2 amide bonds.